The van der Waals surface area contributed by atoms with Crippen molar-refractivity contribution >= 4 is 29.9 Å². The van der Waals surface area contributed by atoms with Crippen LogP contribution < -0.4 is 10.6 Å². The van der Waals surface area contributed by atoms with Gasteiger partial charge in [-0.1, -0.05) is 25.7 Å². The molecule has 1 aliphatic rings. The lowest BCUT2D eigenvalue weighted by molar-refractivity contribution is 0.481. The molecule has 0 unspecified atom stereocenters. The van der Waals surface area contributed by atoms with Crippen molar-refractivity contribution in [1.82, 2.24) is 25.4 Å². The average molecular weight is 434 g/mol. The van der Waals surface area contributed by atoms with Crippen molar-refractivity contribution in [2.45, 2.75) is 65.5 Å². The molecule has 0 spiro atoms. The normalized spacial score (nSPS) is 15.5. The van der Waals surface area contributed by atoms with Crippen LogP contribution in [0.2, 0.25) is 0 Å². The second-order valence-electron chi connectivity index (χ2n) is 5.95. The van der Waals surface area contributed by atoms with Gasteiger partial charge in [0, 0.05) is 19.6 Å². The Morgan fingerprint density at radius 3 is 2.78 bits per heavy atom. The van der Waals surface area contributed by atoms with Crippen LogP contribution in [-0.2, 0) is 13.1 Å². The summed E-state index contributed by atoms with van der Waals surface area (Å²) in [5, 5.41) is 14.8. The van der Waals surface area contributed by atoms with Gasteiger partial charge in [-0.2, -0.15) is 0 Å². The molecule has 1 aromatic rings. The summed E-state index contributed by atoms with van der Waals surface area (Å²) in [6, 6.07) is 0. The maximum Gasteiger partial charge on any atom is 0.191 e. The highest BCUT2D eigenvalue weighted by atomic mass is 127. The van der Waals surface area contributed by atoms with E-state index in [0.717, 1.165) is 37.3 Å². The van der Waals surface area contributed by atoms with Crippen molar-refractivity contribution in [3.8, 4) is 0 Å². The predicted octanol–water partition coefficient (Wildman–Crippen LogP) is 2.94. The third kappa shape index (κ3) is 7.05. The Morgan fingerprint density at radius 2 is 2.09 bits per heavy atom. The Bertz CT molecular complexity index is 453. The number of aryl methyl sites for hydroxylation is 1. The molecule has 1 fully saturated rings. The van der Waals surface area contributed by atoms with Gasteiger partial charge < -0.3 is 15.2 Å². The van der Waals surface area contributed by atoms with E-state index in [1.54, 1.807) is 6.33 Å². The molecule has 1 saturated carbocycles. The molecule has 0 aliphatic heterocycles. The number of nitrogens with one attached hydrogen (secondary N) is 2. The summed E-state index contributed by atoms with van der Waals surface area (Å²) in [5.74, 6) is 2.75. The van der Waals surface area contributed by atoms with E-state index < -0.39 is 0 Å². The summed E-state index contributed by atoms with van der Waals surface area (Å²) in [6.45, 7) is 7.47. The maximum atomic E-state index is 4.60. The number of nitrogens with zero attached hydrogens (tertiary/aromatic N) is 4. The zero-order valence-electron chi connectivity index (χ0n) is 14.4. The van der Waals surface area contributed by atoms with Crippen molar-refractivity contribution in [2.75, 3.05) is 13.1 Å². The van der Waals surface area contributed by atoms with Crippen molar-refractivity contribution in [3.63, 3.8) is 0 Å². The summed E-state index contributed by atoms with van der Waals surface area (Å²) in [6.07, 6.45) is 10.0. The molecule has 2 rings (SSSR count). The van der Waals surface area contributed by atoms with Crippen LogP contribution in [0.3, 0.4) is 0 Å². The second-order valence-corrected chi connectivity index (χ2v) is 5.95. The van der Waals surface area contributed by atoms with Gasteiger partial charge in [0.2, 0.25) is 0 Å². The van der Waals surface area contributed by atoms with Gasteiger partial charge in [0.05, 0.1) is 0 Å². The third-order valence-corrected chi connectivity index (χ3v) is 4.32. The van der Waals surface area contributed by atoms with Gasteiger partial charge in [0.25, 0.3) is 0 Å². The van der Waals surface area contributed by atoms with Crippen LogP contribution in [0.4, 0.5) is 0 Å². The second kappa shape index (κ2) is 11.6. The average Bonchev–Trinajstić information content (AvgIpc) is 3.19. The van der Waals surface area contributed by atoms with Crippen LogP contribution in [0.15, 0.2) is 11.3 Å². The monoisotopic (exact) mass is 434 g/mol. The summed E-state index contributed by atoms with van der Waals surface area (Å²) >= 11 is 0. The fraction of sp³-hybridized carbons (Fsp3) is 0.812. The molecular formula is C16H31IN6. The first-order valence-corrected chi connectivity index (χ1v) is 8.72. The first kappa shape index (κ1) is 20.2. The number of rotatable bonds is 8. The van der Waals surface area contributed by atoms with Gasteiger partial charge in [-0.05, 0) is 32.6 Å². The number of aliphatic imine (C=N–C) groups is 1. The van der Waals surface area contributed by atoms with E-state index in [-0.39, 0.29) is 24.0 Å². The van der Waals surface area contributed by atoms with E-state index in [1.807, 2.05) is 4.57 Å². The fourth-order valence-electron chi connectivity index (χ4n) is 3.05. The number of guanidine groups is 1. The molecule has 2 N–H and O–H groups in total. The fourth-order valence-corrected chi connectivity index (χ4v) is 3.05. The Hall–Kier alpha value is -0.860. The molecule has 0 aromatic carbocycles. The molecule has 1 aliphatic carbocycles. The highest BCUT2D eigenvalue weighted by molar-refractivity contribution is 14.0. The Balaban J connectivity index is 0.00000264. The molecule has 132 valence electrons. The molecule has 0 bridgehead atoms. The lowest BCUT2D eigenvalue weighted by atomic mass is 10.0. The van der Waals surface area contributed by atoms with E-state index in [9.17, 15) is 0 Å². The van der Waals surface area contributed by atoms with Gasteiger partial charge in [-0.3, -0.25) is 0 Å². The molecule has 1 aromatic heterocycles. The maximum absolute atomic E-state index is 4.60. The Kier molecular flexibility index (Phi) is 10.2. The quantitative estimate of drug-likeness (QED) is 0.286. The molecule has 0 saturated heterocycles. The predicted molar refractivity (Wildman–Crippen MR) is 105 cm³/mol. The van der Waals surface area contributed by atoms with E-state index >= 15 is 0 Å². The molecule has 0 radical (unpaired) electrons. The van der Waals surface area contributed by atoms with Crippen LogP contribution >= 0.6 is 24.0 Å². The Morgan fingerprint density at radius 1 is 1.30 bits per heavy atom. The SMILES string of the molecule is CCNC(=NCc1nncn1CC)NCCCC1CCCC1.I. The highest BCUT2D eigenvalue weighted by Gasteiger charge is 2.14. The van der Waals surface area contributed by atoms with Crippen LogP contribution in [0.25, 0.3) is 0 Å². The van der Waals surface area contributed by atoms with Crippen molar-refractivity contribution < 1.29 is 0 Å². The number of aromatic nitrogens is 3. The van der Waals surface area contributed by atoms with Crippen LogP contribution in [0.5, 0.6) is 0 Å². The van der Waals surface area contributed by atoms with E-state index in [2.05, 4.69) is 39.7 Å². The lowest BCUT2D eigenvalue weighted by Gasteiger charge is -2.13. The zero-order valence-corrected chi connectivity index (χ0v) is 16.8. The molecule has 0 atom stereocenters. The van der Waals surface area contributed by atoms with E-state index in [4.69, 9.17) is 0 Å². The van der Waals surface area contributed by atoms with Crippen molar-refractivity contribution in [3.05, 3.63) is 12.2 Å². The molecule has 1 heterocycles. The summed E-state index contributed by atoms with van der Waals surface area (Å²) < 4.78 is 2.02. The van der Waals surface area contributed by atoms with Crippen LogP contribution in [0.1, 0.15) is 58.2 Å². The highest BCUT2D eigenvalue weighted by Crippen LogP contribution is 2.28. The Labute approximate surface area is 157 Å². The largest absolute Gasteiger partial charge is 0.357 e. The minimum atomic E-state index is 0. The van der Waals surface area contributed by atoms with Gasteiger partial charge in [0.1, 0.15) is 12.9 Å². The number of hydrogen-bond donors (Lipinski definition) is 2. The summed E-state index contributed by atoms with van der Waals surface area (Å²) in [7, 11) is 0. The zero-order chi connectivity index (χ0) is 15.6. The molecular weight excluding hydrogens is 403 g/mol. The number of halogens is 1. The number of hydrogen-bond acceptors (Lipinski definition) is 3. The van der Waals surface area contributed by atoms with E-state index in [1.165, 1.54) is 38.5 Å². The smallest absolute Gasteiger partial charge is 0.191 e. The molecule has 23 heavy (non-hydrogen) atoms. The van der Waals surface area contributed by atoms with Gasteiger partial charge >= 0.3 is 0 Å². The minimum Gasteiger partial charge on any atom is -0.357 e. The first-order valence-electron chi connectivity index (χ1n) is 8.72. The van der Waals surface area contributed by atoms with Gasteiger partial charge in [-0.25, -0.2) is 4.99 Å². The van der Waals surface area contributed by atoms with Gasteiger partial charge in [-0.15, -0.1) is 34.2 Å². The molecule has 6 nitrogen and oxygen atoms in total. The van der Waals surface area contributed by atoms with Gasteiger partial charge in [0.15, 0.2) is 11.8 Å². The summed E-state index contributed by atoms with van der Waals surface area (Å²) in [4.78, 5) is 4.60. The lowest BCUT2D eigenvalue weighted by Crippen LogP contribution is -2.37. The summed E-state index contributed by atoms with van der Waals surface area (Å²) in [5.41, 5.74) is 0. The topological polar surface area (TPSA) is 67.1 Å². The van der Waals surface area contributed by atoms with Crippen LogP contribution in [-0.4, -0.2) is 33.8 Å². The van der Waals surface area contributed by atoms with Crippen molar-refractivity contribution in [2.24, 2.45) is 10.9 Å². The third-order valence-electron chi connectivity index (χ3n) is 4.32. The van der Waals surface area contributed by atoms with Crippen molar-refractivity contribution in [1.29, 1.82) is 0 Å². The van der Waals surface area contributed by atoms with E-state index in [0.29, 0.717) is 6.54 Å². The van der Waals surface area contributed by atoms with Crippen LogP contribution in [0, 0.1) is 5.92 Å². The molecule has 7 heteroatoms. The standard InChI is InChI=1S/C16H30N6.HI/c1-3-17-16(18-11-7-10-14-8-5-6-9-14)19-12-15-21-20-13-22(15)4-2;/h13-14H,3-12H2,1-2H3,(H2,17,18,19);1H. The molecule has 0 amide bonds. The minimum absolute atomic E-state index is 0. The first-order chi connectivity index (χ1) is 10.8.